The van der Waals surface area contributed by atoms with Crippen LogP contribution in [0.5, 0.6) is 0 Å². The van der Waals surface area contributed by atoms with E-state index >= 15 is 0 Å². The molecule has 0 unspecified atom stereocenters. The smallest absolute Gasteiger partial charge is 0.258 e. The van der Waals surface area contributed by atoms with Crippen molar-refractivity contribution < 1.29 is 4.92 Å². The predicted octanol–water partition coefficient (Wildman–Crippen LogP) is 5.71. The third-order valence-electron chi connectivity index (χ3n) is 7.20. The van der Waals surface area contributed by atoms with E-state index in [0.717, 1.165) is 22.3 Å². The minimum atomic E-state index is -0.404. The van der Waals surface area contributed by atoms with Crippen molar-refractivity contribution in [3.63, 3.8) is 0 Å². The average molecular weight is 558 g/mol. The lowest BCUT2D eigenvalue weighted by Gasteiger charge is -2.04. The van der Waals surface area contributed by atoms with Crippen LogP contribution in [-0.4, -0.2) is 27.8 Å². The summed E-state index contributed by atoms with van der Waals surface area (Å²) >= 11 is 0. The Kier molecular flexibility index (Phi) is 6.65. The number of hydrogen-bond donors (Lipinski definition) is 0. The molecule has 0 saturated carbocycles. The number of benzene rings is 5. The molecule has 43 heavy (non-hydrogen) atoms. The van der Waals surface area contributed by atoms with Crippen LogP contribution < -0.4 is 10.4 Å². The van der Waals surface area contributed by atoms with E-state index in [1.54, 1.807) is 12.1 Å². The minimum absolute atomic E-state index is 0.117. The maximum Gasteiger partial charge on any atom is 0.281 e. The third kappa shape index (κ3) is 5.00. The molecule has 0 atom stereocenters. The standard InChI is InChI=1S/C36H23N5O2/c42-41(43)30-23-28(35-37-31(24-13-5-1-6-14-24)32(38-35)25-15-7-2-8-16-25)21-22-29(30)36-39-33(26-17-9-3-10-18-26)34(40-36)27-19-11-4-12-20-27/h1-23H. The highest BCUT2D eigenvalue weighted by Gasteiger charge is 2.25. The Labute approximate surface area is 247 Å². The Bertz CT molecular complexity index is 2000. The normalized spacial score (nSPS) is 14.2. The molecule has 204 valence electrons. The first-order valence-corrected chi connectivity index (χ1v) is 13.8. The zero-order chi connectivity index (χ0) is 29.2. The molecule has 0 amide bonds. The summed E-state index contributed by atoms with van der Waals surface area (Å²) in [6, 6.07) is 44.0. The van der Waals surface area contributed by atoms with E-state index in [9.17, 15) is 10.1 Å². The maximum atomic E-state index is 12.4. The summed E-state index contributed by atoms with van der Waals surface area (Å²) in [5, 5.41) is 13.3. The van der Waals surface area contributed by atoms with Gasteiger partial charge in [0.25, 0.3) is 5.69 Å². The Hall–Kier alpha value is -6.08. The summed E-state index contributed by atoms with van der Waals surface area (Å²) in [4.78, 5) is 31.4. The second-order valence-electron chi connectivity index (χ2n) is 9.94. The molecule has 7 heteroatoms. The van der Waals surface area contributed by atoms with Crippen molar-refractivity contribution in [2.75, 3.05) is 0 Å². The largest absolute Gasteiger partial charge is 0.281 e. The quantitative estimate of drug-likeness (QED) is 0.205. The van der Waals surface area contributed by atoms with Gasteiger partial charge in [-0.1, -0.05) is 121 Å². The van der Waals surface area contributed by atoms with E-state index in [2.05, 4.69) is 0 Å². The fourth-order valence-corrected chi connectivity index (χ4v) is 5.13. The van der Waals surface area contributed by atoms with E-state index in [4.69, 9.17) is 20.0 Å². The predicted molar refractivity (Wildman–Crippen MR) is 171 cm³/mol. The lowest BCUT2D eigenvalue weighted by molar-refractivity contribution is -0.386. The second kappa shape index (κ2) is 11.1. The van der Waals surface area contributed by atoms with Gasteiger partial charge in [-0.25, -0.2) is 20.0 Å². The third-order valence-corrected chi connectivity index (χ3v) is 7.20. The van der Waals surface area contributed by atoms with Crippen LogP contribution >= 0.6 is 0 Å². The molecule has 2 aliphatic rings. The van der Waals surface area contributed by atoms with Crippen molar-refractivity contribution in [3.05, 3.63) is 182 Å². The van der Waals surface area contributed by atoms with Crippen molar-refractivity contribution in [2.45, 2.75) is 0 Å². The van der Waals surface area contributed by atoms with Crippen molar-refractivity contribution in [3.8, 4) is 0 Å². The van der Waals surface area contributed by atoms with E-state index in [-0.39, 0.29) is 11.5 Å². The van der Waals surface area contributed by atoms with Gasteiger partial charge in [0.15, 0.2) is 11.6 Å². The lowest BCUT2D eigenvalue weighted by Crippen LogP contribution is -2.16. The van der Waals surface area contributed by atoms with Crippen LogP contribution in [0.4, 0.5) is 5.69 Å². The van der Waals surface area contributed by atoms with Gasteiger partial charge in [-0.3, -0.25) is 10.1 Å². The highest BCUT2D eigenvalue weighted by Crippen LogP contribution is 2.23. The first-order valence-electron chi connectivity index (χ1n) is 13.8. The molecule has 2 aliphatic heterocycles. The van der Waals surface area contributed by atoms with Crippen LogP contribution in [-0.2, 0) is 0 Å². The molecule has 2 heterocycles. The van der Waals surface area contributed by atoms with Crippen LogP contribution in [0.2, 0.25) is 0 Å². The van der Waals surface area contributed by atoms with Crippen molar-refractivity contribution in [1.82, 2.24) is 0 Å². The molecule has 0 fully saturated rings. The summed E-state index contributed by atoms with van der Waals surface area (Å²) in [6.45, 7) is 0. The number of non-ortho nitro benzene ring substituents is 1. The van der Waals surface area contributed by atoms with Gasteiger partial charge in [-0.05, 0) is 12.1 Å². The van der Waals surface area contributed by atoms with Crippen LogP contribution in [0.15, 0.2) is 159 Å². The summed E-state index contributed by atoms with van der Waals surface area (Å²) in [5.41, 5.74) is 6.24. The Morgan fingerprint density at radius 1 is 0.442 bits per heavy atom. The van der Waals surface area contributed by atoms with E-state index in [1.165, 1.54) is 6.07 Å². The van der Waals surface area contributed by atoms with Crippen molar-refractivity contribution in [2.24, 2.45) is 20.0 Å². The molecule has 0 radical (unpaired) electrons. The van der Waals surface area contributed by atoms with Crippen molar-refractivity contribution >= 4 is 40.2 Å². The van der Waals surface area contributed by atoms with Gasteiger partial charge in [0.05, 0.1) is 33.0 Å². The fourth-order valence-electron chi connectivity index (χ4n) is 5.13. The van der Waals surface area contributed by atoms with E-state index < -0.39 is 4.92 Å². The van der Waals surface area contributed by atoms with Gasteiger partial charge in [0.2, 0.25) is 0 Å². The number of nitro benzene ring substituents is 1. The Balaban J connectivity index is 1.44. The highest BCUT2D eigenvalue weighted by molar-refractivity contribution is 6.56. The monoisotopic (exact) mass is 557 g/mol. The second-order valence-corrected chi connectivity index (χ2v) is 9.94. The van der Waals surface area contributed by atoms with E-state index in [0.29, 0.717) is 39.1 Å². The number of nitro groups is 1. The Morgan fingerprint density at radius 2 is 0.791 bits per heavy atom. The SMILES string of the molecule is O=[N+]([O-])c1cc(=C2N=C(c3ccccc3)C(c3ccccc3)=N2)ccc1=C1N=C(c2ccccc2)C(c2ccccc2)=N1. The average Bonchev–Trinajstić information content (AvgIpc) is 3.72. The number of hydrogen-bond acceptors (Lipinski definition) is 6. The lowest BCUT2D eigenvalue weighted by atomic mass is 10.0. The highest BCUT2D eigenvalue weighted by atomic mass is 16.6. The first kappa shape index (κ1) is 25.9. The zero-order valence-corrected chi connectivity index (χ0v) is 22.8. The summed E-state index contributed by atoms with van der Waals surface area (Å²) in [7, 11) is 0. The molecule has 0 spiro atoms. The summed E-state index contributed by atoms with van der Waals surface area (Å²) in [5.74, 6) is 0.694. The molecule has 5 aromatic rings. The van der Waals surface area contributed by atoms with Gasteiger partial charge in [0, 0.05) is 33.5 Å². The summed E-state index contributed by atoms with van der Waals surface area (Å²) < 4.78 is 0. The molecule has 7 rings (SSSR count). The molecule has 0 bridgehead atoms. The van der Waals surface area contributed by atoms with Crippen LogP contribution in [0.3, 0.4) is 0 Å². The van der Waals surface area contributed by atoms with Crippen LogP contribution in [0.25, 0.3) is 11.6 Å². The van der Waals surface area contributed by atoms with E-state index in [1.807, 2.05) is 121 Å². The van der Waals surface area contributed by atoms with Gasteiger partial charge >= 0.3 is 0 Å². The number of aliphatic imine (C=N–C) groups is 4. The zero-order valence-electron chi connectivity index (χ0n) is 22.8. The number of nitrogens with zero attached hydrogens (tertiary/aromatic N) is 5. The van der Waals surface area contributed by atoms with Crippen LogP contribution in [0, 0.1) is 10.1 Å². The van der Waals surface area contributed by atoms with Gasteiger partial charge in [-0.2, -0.15) is 0 Å². The molecule has 0 N–H and O–H groups in total. The van der Waals surface area contributed by atoms with Crippen molar-refractivity contribution in [1.29, 1.82) is 0 Å². The summed E-state index contributed by atoms with van der Waals surface area (Å²) in [6.07, 6.45) is 0. The van der Waals surface area contributed by atoms with Crippen LogP contribution in [0.1, 0.15) is 22.3 Å². The molecular weight excluding hydrogens is 534 g/mol. The maximum absolute atomic E-state index is 12.4. The van der Waals surface area contributed by atoms with Gasteiger partial charge in [0.1, 0.15) is 0 Å². The molecule has 5 aromatic carbocycles. The van der Waals surface area contributed by atoms with Gasteiger partial charge < -0.3 is 0 Å². The molecule has 0 aliphatic carbocycles. The fraction of sp³-hybridized carbons (Fsp3) is 0. The topological polar surface area (TPSA) is 92.6 Å². The molecule has 0 saturated heterocycles. The Morgan fingerprint density at radius 3 is 1.14 bits per heavy atom. The van der Waals surface area contributed by atoms with Gasteiger partial charge in [-0.15, -0.1) is 0 Å². The first-order chi connectivity index (χ1) is 21.2. The number of rotatable bonds is 5. The minimum Gasteiger partial charge on any atom is -0.258 e. The molecule has 0 aromatic heterocycles. The molecular formula is C36H23N5O2. The molecule has 7 nitrogen and oxygen atoms in total.